The number of pyridine rings is 1. The molecule has 0 aromatic carbocycles. The first-order valence-corrected chi connectivity index (χ1v) is 12.1. The molecular weight excluding hydrogens is 504 g/mol. The van der Waals surface area contributed by atoms with Gasteiger partial charge in [0.05, 0.1) is 5.10 Å². The number of nitrogens with one attached hydrogen (secondary N) is 2. The molecular formula is C23H31BrN6O4. The van der Waals surface area contributed by atoms with E-state index in [2.05, 4.69) is 71.3 Å². The minimum absolute atomic E-state index is 0.00604. The molecule has 11 heteroatoms. The Morgan fingerprint density at radius 3 is 2.56 bits per heavy atom. The molecule has 1 aliphatic carbocycles. The van der Waals surface area contributed by atoms with Crippen molar-refractivity contribution in [3.8, 4) is 0 Å². The predicted octanol–water partition coefficient (Wildman–Crippen LogP) is 3.74. The lowest BCUT2D eigenvalue weighted by atomic mass is 9.58. The lowest BCUT2D eigenvalue weighted by Gasteiger charge is -2.50. The van der Waals surface area contributed by atoms with E-state index in [1.165, 1.54) is 0 Å². The Bertz CT molecular complexity index is 1120. The highest BCUT2D eigenvalue weighted by Gasteiger charge is 2.44. The van der Waals surface area contributed by atoms with Crippen LogP contribution in [0.5, 0.6) is 0 Å². The summed E-state index contributed by atoms with van der Waals surface area (Å²) in [5.74, 6) is -0.0144. The molecule has 4 atom stereocenters. The molecule has 1 fully saturated rings. The molecule has 2 aromatic heterocycles. The number of amides is 1. The summed E-state index contributed by atoms with van der Waals surface area (Å²) in [6.45, 7) is 10.8. The Kier molecular flexibility index (Phi) is 7.74. The van der Waals surface area contributed by atoms with E-state index < -0.39 is 28.8 Å². The van der Waals surface area contributed by atoms with Crippen LogP contribution in [-0.2, 0) is 17.9 Å². The van der Waals surface area contributed by atoms with E-state index in [0.717, 1.165) is 16.7 Å². The van der Waals surface area contributed by atoms with E-state index >= 15 is 0 Å². The third kappa shape index (κ3) is 5.29. The fourth-order valence-corrected chi connectivity index (χ4v) is 5.03. The minimum atomic E-state index is -0.637. The summed E-state index contributed by atoms with van der Waals surface area (Å²) < 4.78 is 0.807. The molecule has 0 aliphatic heterocycles. The third-order valence-corrected chi connectivity index (χ3v) is 8.33. The Hall–Kier alpha value is -2.82. The van der Waals surface area contributed by atoms with Gasteiger partial charge >= 0.3 is 11.4 Å². The molecule has 2 heterocycles. The zero-order valence-electron chi connectivity index (χ0n) is 20.0. The van der Waals surface area contributed by atoms with Gasteiger partial charge in [0.1, 0.15) is 11.0 Å². The lowest BCUT2D eigenvalue weighted by Crippen LogP contribution is -2.48. The van der Waals surface area contributed by atoms with Gasteiger partial charge in [0, 0.05) is 25.0 Å². The Balaban J connectivity index is 1.83. The summed E-state index contributed by atoms with van der Waals surface area (Å²) in [6.07, 6.45) is 4.02. The molecule has 0 bridgehead atoms. The van der Waals surface area contributed by atoms with Gasteiger partial charge in [-0.2, -0.15) is 0 Å². The zero-order valence-corrected chi connectivity index (χ0v) is 21.6. The maximum atomic E-state index is 12.9. The monoisotopic (exact) mass is 534 g/mol. The molecule has 1 aliphatic rings. The second-order valence-corrected chi connectivity index (χ2v) is 10.5. The van der Waals surface area contributed by atoms with E-state index in [1.54, 1.807) is 24.5 Å². The summed E-state index contributed by atoms with van der Waals surface area (Å²) >= 11 is 3.24. The average molecular weight is 535 g/mol. The Labute approximate surface area is 206 Å². The number of carbonyl (C=O) groups excluding carboxylic acids is 1. The van der Waals surface area contributed by atoms with Crippen molar-refractivity contribution in [1.29, 1.82) is 0 Å². The van der Waals surface area contributed by atoms with Crippen LogP contribution in [0.1, 0.15) is 46.6 Å². The van der Waals surface area contributed by atoms with Crippen LogP contribution in [0.2, 0.25) is 0 Å². The molecule has 34 heavy (non-hydrogen) atoms. The number of halogens is 1. The summed E-state index contributed by atoms with van der Waals surface area (Å²) in [5.41, 5.74) is 0.409. The molecule has 0 saturated heterocycles. The van der Waals surface area contributed by atoms with Crippen molar-refractivity contribution in [1.82, 2.24) is 20.1 Å². The van der Waals surface area contributed by atoms with Gasteiger partial charge in [0.15, 0.2) is 5.69 Å². The highest BCUT2D eigenvalue weighted by molar-refractivity contribution is 9.10. The molecule has 2 N–H and O–H groups in total. The number of nitro groups is 1. The largest absolute Gasteiger partial charge is 0.413 e. The summed E-state index contributed by atoms with van der Waals surface area (Å²) in [7, 11) is 0. The maximum Gasteiger partial charge on any atom is 0.413 e. The van der Waals surface area contributed by atoms with Gasteiger partial charge in [0.25, 0.3) is 0 Å². The van der Waals surface area contributed by atoms with Crippen LogP contribution >= 0.6 is 15.9 Å². The van der Waals surface area contributed by atoms with Crippen LogP contribution in [0, 0.1) is 33.3 Å². The molecule has 0 radical (unpaired) electrons. The van der Waals surface area contributed by atoms with Crippen LogP contribution in [0.3, 0.4) is 0 Å². The van der Waals surface area contributed by atoms with Crippen LogP contribution in [0.15, 0.2) is 33.8 Å². The first-order chi connectivity index (χ1) is 15.9. The second-order valence-electron chi connectivity index (χ2n) is 9.72. The van der Waals surface area contributed by atoms with Crippen molar-refractivity contribution in [2.24, 2.45) is 23.2 Å². The topological polar surface area (TPSA) is 132 Å². The second kappa shape index (κ2) is 10.2. The van der Waals surface area contributed by atoms with Crippen molar-refractivity contribution < 1.29 is 9.72 Å². The van der Waals surface area contributed by atoms with E-state index in [4.69, 9.17) is 0 Å². The number of hydrogen-bond acceptors (Lipinski definition) is 7. The van der Waals surface area contributed by atoms with E-state index in [0.29, 0.717) is 11.8 Å². The van der Waals surface area contributed by atoms with E-state index in [1.807, 2.05) is 0 Å². The number of carbonyl (C=O) groups is 1. The number of rotatable bonds is 7. The minimum Gasteiger partial charge on any atom is -0.374 e. The maximum absolute atomic E-state index is 12.9. The highest BCUT2D eigenvalue weighted by atomic mass is 79.9. The quantitative estimate of drug-likeness (QED) is 0.408. The first kappa shape index (κ1) is 25.8. The molecule has 0 spiro atoms. The van der Waals surface area contributed by atoms with Crippen molar-refractivity contribution in [3.05, 3.63) is 55.0 Å². The summed E-state index contributed by atoms with van der Waals surface area (Å²) in [6, 6.07) is 3.44. The van der Waals surface area contributed by atoms with Crippen LogP contribution in [0.25, 0.3) is 0 Å². The molecule has 3 rings (SSSR count). The number of hydrogen-bond donors (Lipinski definition) is 2. The van der Waals surface area contributed by atoms with E-state index in [9.17, 15) is 19.7 Å². The van der Waals surface area contributed by atoms with E-state index in [-0.39, 0.29) is 34.1 Å². The third-order valence-electron chi connectivity index (χ3n) is 7.59. The van der Waals surface area contributed by atoms with Crippen LogP contribution in [0.4, 0.5) is 11.5 Å². The fourth-order valence-electron chi connectivity index (χ4n) is 4.53. The van der Waals surface area contributed by atoms with Crippen molar-refractivity contribution in [2.75, 3.05) is 5.32 Å². The van der Waals surface area contributed by atoms with Gasteiger partial charge in [-0.25, -0.2) is 0 Å². The first-order valence-electron chi connectivity index (χ1n) is 11.3. The Morgan fingerprint density at radius 1 is 1.29 bits per heavy atom. The number of aromatic nitrogens is 3. The standard InChI is InChI=1S/C23H31BrN6O4/c1-13-10-17(14(2)15(3)23(13,4)5)27-20-19(24)22(32)29(28-21(20)30(33)34)12-18(31)26-11-16-6-8-25-9-7-16/h6-9,13-15,17,27H,10-12H2,1-5H3,(H,26,31)/t13-,14+,15+,17+/m0/s1. The molecule has 184 valence electrons. The van der Waals surface area contributed by atoms with Crippen molar-refractivity contribution in [3.63, 3.8) is 0 Å². The predicted molar refractivity (Wildman–Crippen MR) is 132 cm³/mol. The van der Waals surface area contributed by atoms with Crippen molar-refractivity contribution >= 4 is 33.3 Å². The molecule has 1 amide bonds. The fraction of sp³-hybridized carbons (Fsp3) is 0.565. The van der Waals surface area contributed by atoms with Gasteiger partial charge in [-0.3, -0.25) is 14.6 Å². The van der Waals surface area contributed by atoms with Gasteiger partial charge in [-0.1, -0.05) is 34.6 Å². The number of nitrogens with zero attached hydrogens (tertiary/aromatic N) is 4. The van der Waals surface area contributed by atoms with Gasteiger partial charge in [-0.05, 0) is 68.1 Å². The normalized spacial score (nSPS) is 23.8. The summed E-state index contributed by atoms with van der Waals surface area (Å²) in [4.78, 5) is 40.4. The smallest absolute Gasteiger partial charge is 0.374 e. The lowest BCUT2D eigenvalue weighted by molar-refractivity contribution is -0.389. The van der Waals surface area contributed by atoms with Crippen LogP contribution in [-0.4, -0.2) is 31.6 Å². The summed E-state index contributed by atoms with van der Waals surface area (Å²) in [5, 5.41) is 21.7. The zero-order chi connectivity index (χ0) is 25.2. The SMILES string of the molecule is C[C@@H]1[C@@H](C)C(C)(C)[C@@H](C)C[C@H]1Nc1c([N+](=O)[O-])nn(CC(=O)NCc2ccncc2)c(=O)c1Br. The molecule has 1 saturated carbocycles. The Morgan fingerprint density at radius 2 is 1.94 bits per heavy atom. The highest BCUT2D eigenvalue weighted by Crippen LogP contribution is 2.48. The molecule has 0 unspecified atom stereocenters. The molecule has 10 nitrogen and oxygen atoms in total. The van der Waals surface area contributed by atoms with Gasteiger partial charge in [0.2, 0.25) is 5.91 Å². The van der Waals surface area contributed by atoms with Crippen molar-refractivity contribution in [2.45, 2.75) is 60.2 Å². The van der Waals surface area contributed by atoms with Gasteiger partial charge < -0.3 is 20.7 Å². The van der Waals surface area contributed by atoms with Gasteiger partial charge in [-0.15, -0.1) is 4.68 Å². The van der Waals surface area contributed by atoms with Crippen LogP contribution < -0.4 is 16.2 Å². The number of anilines is 1. The molecule has 2 aromatic rings. The average Bonchev–Trinajstić information content (AvgIpc) is 2.80.